The number of piperazine rings is 1. The van der Waals surface area contributed by atoms with Crippen molar-refractivity contribution in [3.05, 3.63) is 10.6 Å². The SMILES string of the molecule is CCCNC(C)c1sc(N2CCN(CC)C(C)C2)nc1C. The number of rotatable bonds is 6. The minimum Gasteiger partial charge on any atom is -0.345 e. The minimum absolute atomic E-state index is 0.408. The van der Waals surface area contributed by atoms with Crippen LogP contribution in [0.4, 0.5) is 5.13 Å². The Morgan fingerprint density at radius 3 is 2.76 bits per heavy atom. The van der Waals surface area contributed by atoms with E-state index >= 15 is 0 Å². The van der Waals surface area contributed by atoms with Crippen molar-refractivity contribution in [3.8, 4) is 0 Å². The maximum Gasteiger partial charge on any atom is 0.185 e. The number of likely N-dealkylation sites (N-methyl/N-ethyl adjacent to an activating group) is 1. The van der Waals surface area contributed by atoms with Crippen LogP contribution in [0.2, 0.25) is 0 Å². The summed E-state index contributed by atoms with van der Waals surface area (Å²) in [6.45, 7) is 16.7. The topological polar surface area (TPSA) is 31.4 Å². The molecule has 120 valence electrons. The summed E-state index contributed by atoms with van der Waals surface area (Å²) in [6.07, 6.45) is 1.17. The van der Waals surface area contributed by atoms with Crippen LogP contribution in [0.15, 0.2) is 0 Å². The summed E-state index contributed by atoms with van der Waals surface area (Å²) >= 11 is 1.87. The molecule has 1 N–H and O–H groups in total. The van der Waals surface area contributed by atoms with Crippen molar-refractivity contribution < 1.29 is 0 Å². The van der Waals surface area contributed by atoms with Crippen LogP contribution in [-0.2, 0) is 0 Å². The van der Waals surface area contributed by atoms with Crippen molar-refractivity contribution in [2.75, 3.05) is 37.6 Å². The number of hydrogen-bond donors (Lipinski definition) is 1. The van der Waals surface area contributed by atoms with Crippen LogP contribution < -0.4 is 10.2 Å². The van der Waals surface area contributed by atoms with Gasteiger partial charge in [0.2, 0.25) is 0 Å². The Bertz CT molecular complexity index is 445. The third-order valence-electron chi connectivity index (χ3n) is 4.36. The van der Waals surface area contributed by atoms with E-state index in [0.717, 1.165) is 32.7 Å². The average Bonchev–Trinajstić information content (AvgIpc) is 2.86. The summed E-state index contributed by atoms with van der Waals surface area (Å²) in [4.78, 5) is 11.2. The third kappa shape index (κ3) is 3.96. The van der Waals surface area contributed by atoms with Crippen molar-refractivity contribution >= 4 is 16.5 Å². The van der Waals surface area contributed by atoms with E-state index in [0.29, 0.717) is 12.1 Å². The number of nitrogens with zero attached hydrogens (tertiary/aromatic N) is 3. The molecule has 0 saturated carbocycles. The van der Waals surface area contributed by atoms with Crippen LogP contribution in [-0.4, -0.2) is 48.6 Å². The minimum atomic E-state index is 0.408. The highest BCUT2D eigenvalue weighted by molar-refractivity contribution is 7.15. The van der Waals surface area contributed by atoms with E-state index in [1.54, 1.807) is 0 Å². The summed E-state index contributed by atoms with van der Waals surface area (Å²) in [5.41, 5.74) is 1.19. The first-order valence-electron chi connectivity index (χ1n) is 8.26. The Balaban J connectivity index is 2.05. The van der Waals surface area contributed by atoms with Crippen molar-refractivity contribution in [2.45, 2.75) is 53.1 Å². The lowest BCUT2D eigenvalue weighted by molar-refractivity contribution is 0.199. The number of nitrogens with one attached hydrogen (secondary N) is 1. The molecule has 1 aromatic rings. The van der Waals surface area contributed by atoms with Gasteiger partial charge < -0.3 is 10.2 Å². The van der Waals surface area contributed by atoms with Gasteiger partial charge in [0.15, 0.2) is 5.13 Å². The fraction of sp³-hybridized carbons (Fsp3) is 0.812. The van der Waals surface area contributed by atoms with Gasteiger partial charge in [-0.15, -0.1) is 11.3 Å². The molecule has 1 aromatic heterocycles. The average molecular weight is 311 g/mol. The first-order valence-corrected chi connectivity index (χ1v) is 9.08. The molecule has 0 spiro atoms. The predicted octanol–water partition coefficient (Wildman–Crippen LogP) is 3.04. The molecule has 0 bridgehead atoms. The lowest BCUT2D eigenvalue weighted by Gasteiger charge is -2.39. The van der Waals surface area contributed by atoms with Gasteiger partial charge in [0.05, 0.1) is 5.69 Å². The zero-order valence-electron chi connectivity index (χ0n) is 14.1. The van der Waals surface area contributed by atoms with Gasteiger partial charge in [0.1, 0.15) is 0 Å². The van der Waals surface area contributed by atoms with E-state index in [4.69, 9.17) is 4.98 Å². The summed E-state index contributed by atoms with van der Waals surface area (Å²) in [5.74, 6) is 0. The normalized spacial score (nSPS) is 21.8. The first-order chi connectivity index (χ1) is 10.1. The van der Waals surface area contributed by atoms with E-state index in [2.05, 4.69) is 49.7 Å². The highest BCUT2D eigenvalue weighted by Gasteiger charge is 2.25. The third-order valence-corrected chi connectivity index (χ3v) is 5.76. The number of anilines is 1. The molecule has 0 aliphatic carbocycles. The van der Waals surface area contributed by atoms with Crippen molar-refractivity contribution in [3.63, 3.8) is 0 Å². The number of aromatic nitrogens is 1. The fourth-order valence-corrected chi connectivity index (χ4v) is 4.15. The fourth-order valence-electron chi connectivity index (χ4n) is 3.02. The molecular weight excluding hydrogens is 280 g/mol. The number of aryl methyl sites for hydroxylation is 1. The van der Waals surface area contributed by atoms with Crippen LogP contribution >= 0.6 is 11.3 Å². The number of hydrogen-bond acceptors (Lipinski definition) is 5. The zero-order chi connectivity index (χ0) is 15.4. The van der Waals surface area contributed by atoms with Crippen molar-refractivity contribution in [2.24, 2.45) is 0 Å². The molecule has 21 heavy (non-hydrogen) atoms. The van der Waals surface area contributed by atoms with E-state index in [1.165, 1.54) is 22.1 Å². The van der Waals surface area contributed by atoms with Crippen LogP contribution in [0.5, 0.6) is 0 Å². The molecule has 2 unspecified atom stereocenters. The van der Waals surface area contributed by atoms with Crippen LogP contribution in [0.25, 0.3) is 0 Å². The van der Waals surface area contributed by atoms with Gasteiger partial charge in [-0.2, -0.15) is 0 Å². The van der Waals surface area contributed by atoms with Crippen LogP contribution in [0.1, 0.15) is 50.7 Å². The lowest BCUT2D eigenvalue weighted by Crippen LogP contribution is -2.51. The molecule has 2 heterocycles. The molecule has 5 heteroatoms. The maximum absolute atomic E-state index is 4.83. The molecule has 0 amide bonds. The monoisotopic (exact) mass is 310 g/mol. The standard InChI is InChI=1S/C16H30N4S/c1-6-8-17-13(4)15-14(5)18-16(21-15)20-10-9-19(7-2)12(3)11-20/h12-13,17H,6-11H2,1-5H3. The highest BCUT2D eigenvalue weighted by Crippen LogP contribution is 2.31. The molecule has 1 fully saturated rings. The molecular formula is C16H30N4S. The summed E-state index contributed by atoms with van der Waals surface area (Å²) in [6, 6.07) is 1.03. The molecule has 1 saturated heterocycles. The van der Waals surface area contributed by atoms with Gasteiger partial charge in [-0.05, 0) is 40.3 Å². The lowest BCUT2D eigenvalue weighted by atomic mass is 10.2. The molecule has 1 aliphatic rings. The molecule has 4 nitrogen and oxygen atoms in total. The quantitative estimate of drug-likeness (QED) is 0.875. The Labute approximate surface area is 133 Å². The number of thiazole rings is 1. The van der Waals surface area contributed by atoms with E-state index in [9.17, 15) is 0 Å². The largest absolute Gasteiger partial charge is 0.345 e. The summed E-state index contributed by atoms with van der Waals surface area (Å²) < 4.78 is 0. The predicted molar refractivity (Wildman–Crippen MR) is 92.5 cm³/mol. The van der Waals surface area contributed by atoms with Gasteiger partial charge in [-0.1, -0.05) is 13.8 Å². The van der Waals surface area contributed by atoms with E-state index in [1.807, 2.05) is 11.3 Å². The molecule has 0 radical (unpaired) electrons. The van der Waals surface area contributed by atoms with Gasteiger partial charge in [-0.25, -0.2) is 4.98 Å². The Hall–Kier alpha value is -0.650. The van der Waals surface area contributed by atoms with Gasteiger partial charge in [0.25, 0.3) is 0 Å². The summed E-state index contributed by atoms with van der Waals surface area (Å²) in [5, 5.41) is 4.78. The van der Waals surface area contributed by atoms with Gasteiger partial charge in [-0.3, -0.25) is 4.90 Å². The zero-order valence-corrected chi connectivity index (χ0v) is 15.0. The second-order valence-corrected chi connectivity index (χ2v) is 7.05. The molecule has 2 atom stereocenters. The smallest absolute Gasteiger partial charge is 0.185 e. The van der Waals surface area contributed by atoms with Crippen molar-refractivity contribution in [1.82, 2.24) is 15.2 Å². The van der Waals surface area contributed by atoms with Crippen LogP contribution in [0.3, 0.4) is 0 Å². The van der Waals surface area contributed by atoms with E-state index in [-0.39, 0.29) is 0 Å². The Kier molecular flexibility index (Phi) is 6.02. The molecule has 2 rings (SSSR count). The van der Waals surface area contributed by atoms with Gasteiger partial charge in [0, 0.05) is 36.6 Å². The molecule has 1 aliphatic heterocycles. The van der Waals surface area contributed by atoms with E-state index < -0.39 is 0 Å². The highest BCUT2D eigenvalue weighted by atomic mass is 32.1. The Morgan fingerprint density at radius 2 is 2.14 bits per heavy atom. The second-order valence-electron chi connectivity index (χ2n) is 6.05. The maximum atomic E-state index is 4.83. The second kappa shape index (κ2) is 7.56. The summed E-state index contributed by atoms with van der Waals surface area (Å²) in [7, 11) is 0. The Morgan fingerprint density at radius 1 is 1.38 bits per heavy atom. The van der Waals surface area contributed by atoms with Crippen LogP contribution in [0, 0.1) is 6.92 Å². The first kappa shape index (κ1) is 16.7. The van der Waals surface area contributed by atoms with Gasteiger partial charge >= 0.3 is 0 Å². The molecule has 0 aromatic carbocycles. The van der Waals surface area contributed by atoms with Crippen molar-refractivity contribution in [1.29, 1.82) is 0 Å².